The molecule has 1 atom stereocenters. The zero-order valence-corrected chi connectivity index (χ0v) is 15.8. The SMILES string of the molecule is Cc1nnc(-c2ccc(Nc3nc4n(n3)CCCC4c3ccc(F)cc3)cc2)o1. The molecular weight excluding hydrogens is 371 g/mol. The Hall–Kier alpha value is -3.55. The average Bonchev–Trinajstić information content (AvgIpc) is 3.35. The van der Waals surface area contributed by atoms with Crippen molar-refractivity contribution in [2.24, 2.45) is 0 Å². The van der Waals surface area contributed by atoms with E-state index in [0.717, 1.165) is 42.0 Å². The Morgan fingerprint density at radius 2 is 1.86 bits per heavy atom. The van der Waals surface area contributed by atoms with Gasteiger partial charge in [0.15, 0.2) is 0 Å². The number of nitrogens with zero attached hydrogens (tertiary/aromatic N) is 5. The Bertz CT molecular complexity index is 1130. The lowest BCUT2D eigenvalue weighted by atomic mass is 9.91. The molecule has 0 saturated heterocycles. The molecule has 4 aromatic rings. The zero-order chi connectivity index (χ0) is 19.8. The van der Waals surface area contributed by atoms with Crippen molar-refractivity contribution in [3.8, 4) is 11.5 Å². The summed E-state index contributed by atoms with van der Waals surface area (Å²) in [5, 5.41) is 15.7. The maximum atomic E-state index is 13.3. The van der Waals surface area contributed by atoms with Gasteiger partial charge in [-0.05, 0) is 54.8 Å². The van der Waals surface area contributed by atoms with E-state index in [-0.39, 0.29) is 11.7 Å². The fraction of sp³-hybridized carbons (Fsp3) is 0.238. The van der Waals surface area contributed by atoms with Gasteiger partial charge < -0.3 is 9.73 Å². The molecule has 0 fully saturated rings. The number of fused-ring (bicyclic) bond motifs is 1. The molecule has 0 saturated carbocycles. The second-order valence-corrected chi connectivity index (χ2v) is 7.09. The van der Waals surface area contributed by atoms with E-state index >= 15 is 0 Å². The molecule has 3 heterocycles. The summed E-state index contributed by atoms with van der Waals surface area (Å²) in [6, 6.07) is 14.3. The number of benzene rings is 2. The van der Waals surface area contributed by atoms with Gasteiger partial charge in [-0.2, -0.15) is 4.98 Å². The lowest BCUT2D eigenvalue weighted by Gasteiger charge is -2.22. The van der Waals surface area contributed by atoms with Crippen LogP contribution in [0.4, 0.5) is 16.0 Å². The van der Waals surface area contributed by atoms with Crippen molar-refractivity contribution in [2.75, 3.05) is 5.32 Å². The maximum Gasteiger partial charge on any atom is 0.247 e. The minimum absolute atomic E-state index is 0.121. The molecule has 0 radical (unpaired) electrons. The summed E-state index contributed by atoms with van der Waals surface area (Å²) in [6.07, 6.45) is 1.98. The molecule has 1 N–H and O–H groups in total. The summed E-state index contributed by atoms with van der Waals surface area (Å²) in [4.78, 5) is 4.72. The lowest BCUT2D eigenvalue weighted by molar-refractivity contribution is 0.446. The van der Waals surface area contributed by atoms with Crippen molar-refractivity contribution in [1.29, 1.82) is 0 Å². The minimum atomic E-state index is -0.229. The second kappa shape index (κ2) is 7.12. The van der Waals surface area contributed by atoms with Gasteiger partial charge in [-0.15, -0.1) is 15.3 Å². The first-order chi connectivity index (χ1) is 14.2. The number of hydrogen-bond donors (Lipinski definition) is 1. The predicted molar refractivity (Wildman–Crippen MR) is 105 cm³/mol. The smallest absolute Gasteiger partial charge is 0.247 e. The topological polar surface area (TPSA) is 81.7 Å². The first-order valence-electron chi connectivity index (χ1n) is 9.53. The van der Waals surface area contributed by atoms with E-state index in [0.29, 0.717) is 17.7 Å². The predicted octanol–water partition coefficient (Wildman–Crippen LogP) is 4.44. The molecule has 0 aliphatic carbocycles. The quantitative estimate of drug-likeness (QED) is 0.555. The van der Waals surface area contributed by atoms with Gasteiger partial charge >= 0.3 is 0 Å². The molecule has 7 nitrogen and oxygen atoms in total. The van der Waals surface area contributed by atoms with Crippen LogP contribution in [-0.4, -0.2) is 25.0 Å². The third kappa shape index (κ3) is 3.49. The first-order valence-corrected chi connectivity index (χ1v) is 9.53. The van der Waals surface area contributed by atoms with E-state index in [2.05, 4.69) is 20.6 Å². The zero-order valence-electron chi connectivity index (χ0n) is 15.8. The van der Waals surface area contributed by atoms with Crippen LogP contribution >= 0.6 is 0 Å². The Morgan fingerprint density at radius 1 is 1.07 bits per heavy atom. The second-order valence-electron chi connectivity index (χ2n) is 7.09. The number of nitrogens with one attached hydrogen (secondary N) is 1. The third-order valence-corrected chi connectivity index (χ3v) is 5.06. The Labute approximate surface area is 166 Å². The fourth-order valence-electron chi connectivity index (χ4n) is 3.65. The van der Waals surface area contributed by atoms with E-state index in [9.17, 15) is 4.39 Å². The highest BCUT2D eigenvalue weighted by Gasteiger charge is 2.26. The number of rotatable bonds is 4. The Morgan fingerprint density at radius 3 is 2.59 bits per heavy atom. The molecule has 8 heteroatoms. The molecule has 0 bridgehead atoms. The molecule has 1 unspecified atom stereocenters. The summed E-state index contributed by atoms with van der Waals surface area (Å²) < 4.78 is 20.7. The summed E-state index contributed by atoms with van der Waals surface area (Å²) in [5.41, 5.74) is 2.78. The number of anilines is 2. The van der Waals surface area contributed by atoms with E-state index < -0.39 is 0 Å². The van der Waals surface area contributed by atoms with E-state index in [4.69, 9.17) is 9.40 Å². The van der Waals surface area contributed by atoms with Crippen molar-refractivity contribution in [3.63, 3.8) is 0 Å². The molecule has 1 aliphatic rings. The van der Waals surface area contributed by atoms with Gasteiger partial charge in [0, 0.05) is 30.6 Å². The van der Waals surface area contributed by atoms with Gasteiger partial charge in [-0.3, -0.25) is 0 Å². The van der Waals surface area contributed by atoms with E-state index in [1.165, 1.54) is 12.1 Å². The van der Waals surface area contributed by atoms with Gasteiger partial charge in [0.2, 0.25) is 17.7 Å². The number of aromatic nitrogens is 5. The molecule has 1 aliphatic heterocycles. The molecule has 5 rings (SSSR count). The minimum Gasteiger partial charge on any atom is -0.421 e. The van der Waals surface area contributed by atoms with Crippen molar-refractivity contribution >= 4 is 11.6 Å². The summed E-state index contributed by atoms with van der Waals surface area (Å²) in [7, 11) is 0. The lowest BCUT2D eigenvalue weighted by Crippen LogP contribution is -2.17. The summed E-state index contributed by atoms with van der Waals surface area (Å²) >= 11 is 0. The highest BCUT2D eigenvalue weighted by molar-refractivity contribution is 5.61. The van der Waals surface area contributed by atoms with Crippen molar-refractivity contribution < 1.29 is 8.81 Å². The molecule has 29 heavy (non-hydrogen) atoms. The normalized spacial score (nSPS) is 15.9. The Kier molecular flexibility index (Phi) is 4.31. The molecule has 0 amide bonds. The number of hydrogen-bond acceptors (Lipinski definition) is 6. The number of aryl methyl sites for hydroxylation is 2. The van der Waals surface area contributed by atoms with Crippen LogP contribution < -0.4 is 5.32 Å². The molecular formula is C21H19FN6O. The van der Waals surface area contributed by atoms with Gasteiger partial charge in [0.1, 0.15) is 11.6 Å². The van der Waals surface area contributed by atoms with Crippen LogP contribution in [0, 0.1) is 12.7 Å². The van der Waals surface area contributed by atoms with Gasteiger partial charge in [-0.1, -0.05) is 12.1 Å². The van der Waals surface area contributed by atoms with Gasteiger partial charge in [0.25, 0.3) is 0 Å². The van der Waals surface area contributed by atoms with Crippen molar-refractivity contribution in [2.45, 2.75) is 32.2 Å². The highest BCUT2D eigenvalue weighted by atomic mass is 19.1. The van der Waals surface area contributed by atoms with Gasteiger partial charge in [0.05, 0.1) is 0 Å². The van der Waals surface area contributed by atoms with Crippen LogP contribution in [0.15, 0.2) is 52.9 Å². The first kappa shape index (κ1) is 17.5. The molecule has 2 aromatic heterocycles. The maximum absolute atomic E-state index is 13.3. The highest BCUT2D eigenvalue weighted by Crippen LogP contribution is 2.33. The van der Waals surface area contributed by atoms with E-state index in [1.807, 2.05) is 41.1 Å². The summed E-state index contributed by atoms with van der Waals surface area (Å²) in [6.45, 7) is 2.59. The van der Waals surface area contributed by atoms with Crippen molar-refractivity contribution in [3.05, 3.63) is 71.6 Å². The standard InChI is InChI=1S/C21H19FN6O/c1-13-25-26-20(29-13)15-6-10-17(11-7-15)23-21-24-19-18(3-2-12-28(19)27-21)14-4-8-16(22)9-5-14/h4-11,18H,2-3,12H2,1H3,(H,23,27). The largest absolute Gasteiger partial charge is 0.421 e. The Balaban J connectivity index is 1.37. The van der Waals surface area contributed by atoms with Crippen LogP contribution in [0.3, 0.4) is 0 Å². The molecule has 2 aromatic carbocycles. The van der Waals surface area contributed by atoms with Crippen LogP contribution in [0.5, 0.6) is 0 Å². The average molecular weight is 390 g/mol. The number of halogens is 1. The van der Waals surface area contributed by atoms with Crippen LogP contribution in [0.2, 0.25) is 0 Å². The van der Waals surface area contributed by atoms with E-state index in [1.54, 1.807) is 6.92 Å². The van der Waals surface area contributed by atoms with Crippen LogP contribution in [0.25, 0.3) is 11.5 Å². The fourth-order valence-corrected chi connectivity index (χ4v) is 3.65. The molecule has 0 spiro atoms. The third-order valence-electron chi connectivity index (χ3n) is 5.06. The van der Waals surface area contributed by atoms with Crippen LogP contribution in [-0.2, 0) is 6.54 Å². The molecule has 146 valence electrons. The monoisotopic (exact) mass is 390 g/mol. The summed E-state index contributed by atoms with van der Waals surface area (Å²) in [5.74, 6) is 2.37. The van der Waals surface area contributed by atoms with Gasteiger partial charge in [-0.25, -0.2) is 9.07 Å². The van der Waals surface area contributed by atoms with Crippen LogP contribution in [0.1, 0.15) is 36.0 Å². The van der Waals surface area contributed by atoms with Crippen molar-refractivity contribution in [1.82, 2.24) is 25.0 Å².